The zero-order valence-corrected chi connectivity index (χ0v) is 8.38. The van der Waals surface area contributed by atoms with Gasteiger partial charge in [-0.1, -0.05) is 0 Å². The maximum atomic E-state index is 5.29. The van der Waals surface area contributed by atoms with Crippen molar-refractivity contribution in [1.29, 1.82) is 0 Å². The Morgan fingerprint density at radius 3 is 2.86 bits per heavy atom. The van der Waals surface area contributed by atoms with Gasteiger partial charge in [-0.15, -0.1) is 0 Å². The van der Waals surface area contributed by atoms with Gasteiger partial charge in [-0.3, -0.25) is 0 Å². The number of pyridine rings is 1. The highest BCUT2D eigenvalue weighted by Gasteiger charge is 2.31. The minimum Gasteiger partial charge on any atom is -0.380 e. The third kappa shape index (κ3) is 1.80. The Bertz CT molecular complexity index is 320. The van der Waals surface area contributed by atoms with Crippen molar-refractivity contribution in [2.45, 2.75) is 31.7 Å². The summed E-state index contributed by atoms with van der Waals surface area (Å²) in [6.45, 7) is 2.24. The van der Waals surface area contributed by atoms with Crippen LogP contribution in [0.2, 0.25) is 0 Å². The minimum atomic E-state index is 0.271. The van der Waals surface area contributed by atoms with Crippen molar-refractivity contribution >= 4 is 11.5 Å². The SMILES string of the molecule is CC1(Nc2ccnc(NN)c2)CCC1. The molecule has 0 saturated heterocycles. The molecule has 1 aromatic heterocycles. The van der Waals surface area contributed by atoms with Crippen LogP contribution in [-0.4, -0.2) is 10.5 Å². The molecule has 1 aromatic rings. The largest absolute Gasteiger partial charge is 0.380 e. The topological polar surface area (TPSA) is 63.0 Å². The second-order valence-electron chi connectivity index (χ2n) is 4.11. The van der Waals surface area contributed by atoms with E-state index in [-0.39, 0.29) is 5.54 Å². The number of nitrogen functional groups attached to an aromatic ring is 1. The van der Waals surface area contributed by atoms with Gasteiger partial charge in [0.2, 0.25) is 0 Å². The van der Waals surface area contributed by atoms with E-state index >= 15 is 0 Å². The average molecular weight is 192 g/mol. The van der Waals surface area contributed by atoms with Crippen LogP contribution >= 0.6 is 0 Å². The van der Waals surface area contributed by atoms with Gasteiger partial charge in [0.25, 0.3) is 0 Å². The Balaban J connectivity index is 2.08. The van der Waals surface area contributed by atoms with Crippen LogP contribution in [0.1, 0.15) is 26.2 Å². The summed E-state index contributed by atoms with van der Waals surface area (Å²) >= 11 is 0. The molecule has 2 rings (SSSR count). The molecule has 1 aliphatic carbocycles. The van der Waals surface area contributed by atoms with Crippen LogP contribution in [0.3, 0.4) is 0 Å². The van der Waals surface area contributed by atoms with Crippen LogP contribution in [0.25, 0.3) is 0 Å². The van der Waals surface area contributed by atoms with Crippen LogP contribution in [-0.2, 0) is 0 Å². The van der Waals surface area contributed by atoms with Crippen molar-refractivity contribution < 1.29 is 0 Å². The average Bonchev–Trinajstić information content (AvgIpc) is 2.16. The lowest BCUT2D eigenvalue weighted by Crippen LogP contribution is -2.41. The molecule has 0 atom stereocenters. The summed E-state index contributed by atoms with van der Waals surface area (Å²) in [5.41, 5.74) is 3.89. The second kappa shape index (κ2) is 3.46. The molecule has 0 aliphatic heterocycles. The zero-order chi connectivity index (χ0) is 10.0. The third-order valence-corrected chi connectivity index (χ3v) is 2.81. The van der Waals surface area contributed by atoms with Crippen LogP contribution in [0, 0.1) is 0 Å². The smallest absolute Gasteiger partial charge is 0.141 e. The van der Waals surface area contributed by atoms with Crippen LogP contribution in [0.15, 0.2) is 18.3 Å². The summed E-state index contributed by atoms with van der Waals surface area (Å²) in [5.74, 6) is 5.98. The van der Waals surface area contributed by atoms with Crippen LogP contribution in [0.4, 0.5) is 11.5 Å². The van der Waals surface area contributed by atoms with E-state index < -0.39 is 0 Å². The van der Waals surface area contributed by atoms with Gasteiger partial charge in [-0.05, 0) is 32.3 Å². The van der Waals surface area contributed by atoms with Gasteiger partial charge < -0.3 is 10.7 Å². The maximum Gasteiger partial charge on any atom is 0.141 e. The summed E-state index contributed by atoms with van der Waals surface area (Å²) in [7, 11) is 0. The lowest BCUT2D eigenvalue weighted by molar-refractivity contribution is 0.306. The molecule has 0 bridgehead atoms. The maximum absolute atomic E-state index is 5.29. The normalized spacial score (nSPS) is 18.4. The number of nitrogens with zero attached hydrogens (tertiary/aromatic N) is 1. The van der Waals surface area contributed by atoms with Crippen molar-refractivity contribution in [1.82, 2.24) is 4.98 Å². The minimum absolute atomic E-state index is 0.271. The standard InChI is InChI=1S/C10H16N4/c1-10(4-2-5-10)13-8-3-6-12-9(7-8)14-11/h3,6-7H,2,4-5,11H2,1H3,(H2,12,13,14). The van der Waals surface area contributed by atoms with Crippen molar-refractivity contribution in [3.05, 3.63) is 18.3 Å². The number of rotatable bonds is 3. The Labute approximate surface area is 83.9 Å². The number of hydrogen-bond acceptors (Lipinski definition) is 4. The van der Waals surface area contributed by atoms with Gasteiger partial charge in [0.05, 0.1) is 0 Å². The summed E-state index contributed by atoms with van der Waals surface area (Å²) in [4.78, 5) is 4.06. The lowest BCUT2D eigenvalue weighted by atomic mass is 9.78. The second-order valence-corrected chi connectivity index (χ2v) is 4.11. The molecule has 1 fully saturated rings. The molecule has 4 N–H and O–H groups in total. The first kappa shape index (κ1) is 9.27. The van der Waals surface area contributed by atoms with E-state index in [9.17, 15) is 0 Å². The highest BCUT2D eigenvalue weighted by Crippen LogP contribution is 2.34. The monoisotopic (exact) mass is 192 g/mol. The highest BCUT2D eigenvalue weighted by molar-refractivity contribution is 5.53. The Kier molecular flexibility index (Phi) is 2.29. The number of nitrogens with two attached hydrogens (primary N) is 1. The Morgan fingerprint density at radius 1 is 1.50 bits per heavy atom. The molecule has 14 heavy (non-hydrogen) atoms. The van der Waals surface area contributed by atoms with E-state index in [0.29, 0.717) is 5.82 Å². The highest BCUT2D eigenvalue weighted by atomic mass is 15.2. The van der Waals surface area contributed by atoms with Crippen molar-refractivity contribution in [3.8, 4) is 0 Å². The van der Waals surface area contributed by atoms with Gasteiger partial charge in [0.1, 0.15) is 5.82 Å². The summed E-state index contributed by atoms with van der Waals surface area (Å²) in [6, 6.07) is 3.88. The third-order valence-electron chi connectivity index (χ3n) is 2.81. The molecule has 0 unspecified atom stereocenters. The van der Waals surface area contributed by atoms with Gasteiger partial charge in [0, 0.05) is 23.5 Å². The van der Waals surface area contributed by atoms with E-state index in [1.165, 1.54) is 19.3 Å². The molecule has 1 heterocycles. The van der Waals surface area contributed by atoms with Crippen molar-refractivity contribution in [3.63, 3.8) is 0 Å². The fraction of sp³-hybridized carbons (Fsp3) is 0.500. The van der Waals surface area contributed by atoms with Gasteiger partial charge in [-0.2, -0.15) is 0 Å². The first-order valence-electron chi connectivity index (χ1n) is 4.93. The molecule has 0 radical (unpaired) electrons. The molecule has 0 spiro atoms. The van der Waals surface area contributed by atoms with E-state index in [4.69, 9.17) is 5.84 Å². The van der Waals surface area contributed by atoms with Crippen LogP contribution < -0.4 is 16.6 Å². The predicted octanol–water partition coefficient (Wildman–Crippen LogP) is 1.72. The number of hydrazine groups is 1. The molecular formula is C10H16N4. The zero-order valence-electron chi connectivity index (χ0n) is 8.38. The van der Waals surface area contributed by atoms with Gasteiger partial charge in [-0.25, -0.2) is 10.8 Å². The molecule has 0 aromatic carbocycles. The van der Waals surface area contributed by atoms with Gasteiger partial charge >= 0.3 is 0 Å². The van der Waals surface area contributed by atoms with Gasteiger partial charge in [0.15, 0.2) is 0 Å². The molecule has 0 amide bonds. The Morgan fingerprint density at radius 2 is 2.29 bits per heavy atom. The fourth-order valence-electron chi connectivity index (χ4n) is 1.77. The number of hydrogen-bond donors (Lipinski definition) is 3. The number of nitrogens with one attached hydrogen (secondary N) is 2. The fourth-order valence-corrected chi connectivity index (χ4v) is 1.77. The predicted molar refractivity (Wildman–Crippen MR) is 57.9 cm³/mol. The molecule has 4 heteroatoms. The summed E-state index contributed by atoms with van der Waals surface area (Å²) in [6.07, 6.45) is 5.54. The first-order valence-corrected chi connectivity index (χ1v) is 4.93. The summed E-state index contributed by atoms with van der Waals surface area (Å²) in [5, 5.41) is 3.49. The van der Waals surface area contributed by atoms with Crippen molar-refractivity contribution in [2.24, 2.45) is 5.84 Å². The molecule has 1 aliphatic rings. The van der Waals surface area contributed by atoms with E-state index in [2.05, 4.69) is 22.7 Å². The molecule has 76 valence electrons. The lowest BCUT2D eigenvalue weighted by Gasteiger charge is -2.40. The Hall–Kier alpha value is -1.29. The molecule has 1 saturated carbocycles. The van der Waals surface area contributed by atoms with Crippen molar-refractivity contribution in [2.75, 3.05) is 10.7 Å². The van der Waals surface area contributed by atoms with E-state index in [1.807, 2.05) is 12.1 Å². The summed E-state index contributed by atoms with van der Waals surface area (Å²) < 4.78 is 0. The van der Waals surface area contributed by atoms with E-state index in [0.717, 1.165) is 5.69 Å². The molecule has 4 nitrogen and oxygen atoms in total. The molecular weight excluding hydrogens is 176 g/mol. The number of aromatic nitrogens is 1. The quantitative estimate of drug-likeness (QED) is 0.504. The number of anilines is 2. The van der Waals surface area contributed by atoms with Crippen LogP contribution in [0.5, 0.6) is 0 Å². The van der Waals surface area contributed by atoms with E-state index in [1.54, 1.807) is 6.20 Å². The first-order chi connectivity index (χ1) is 6.72.